The Morgan fingerprint density at radius 1 is 1.54 bits per heavy atom. The largest absolute Gasteiger partial charge is 0.325 e. The lowest BCUT2D eigenvalue weighted by molar-refractivity contribution is 0.645. The highest BCUT2D eigenvalue weighted by Crippen LogP contribution is 2.24. The first-order chi connectivity index (χ1) is 6.36. The first-order valence-electron chi connectivity index (χ1n) is 4.57. The number of nitrogens with zero attached hydrogens (tertiary/aromatic N) is 2. The maximum atomic E-state index is 5.67. The van der Waals surface area contributed by atoms with Gasteiger partial charge in [-0.1, -0.05) is 5.92 Å². The Morgan fingerprint density at radius 2 is 2.38 bits per heavy atom. The van der Waals surface area contributed by atoms with E-state index in [0.717, 1.165) is 18.5 Å². The molecule has 0 fully saturated rings. The van der Waals surface area contributed by atoms with Crippen molar-refractivity contribution in [3.8, 4) is 12.3 Å². The number of terminal acetylenes is 1. The van der Waals surface area contributed by atoms with E-state index in [1.807, 2.05) is 4.68 Å². The second-order valence-electron chi connectivity index (χ2n) is 3.29. The van der Waals surface area contributed by atoms with Crippen LogP contribution in [-0.2, 0) is 25.9 Å². The van der Waals surface area contributed by atoms with Crippen molar-refractivity contribution in [1.29, 1.82) is 0 Å². The highest BCUT2D eigenvalue weighted by atomic mass is 15.3. The summed E-state index contributed by atoms with van der Waals surface area (Å²) in [6.07, 6.45) is 8.66. The number of aromatic nitrogens is 2. The van der Waals surface area contributed by atoms with Crippen LogP contribution in [0.1, 0.15) is 23.4 Å². The predicted octanol–water partition coefficient (Wildman–Crippen LogP) is 0.464. The van der Waals surface area contributed by atoms with Crippen LogP contribution < -0.4 is 5.73 Å². The number of hydrogen-bond donors (Lipinski definition) is 1. The molecule has 0 unspecified atom stereocenters. The molecule has 0 bridgehead atoms. The van der Waals surface area contributed by atoms with Gasteiger partial charge in [-0.2, -0.15) is 5.10 Å². The van der Waals surface area contributed by atoms with Crippen LogP contribution in [0.5, 0.6) is 0 Å². The second-order valence-corrected chi connectivity index (χ2v) is 3.29. The molecular formula is C10H13N3. The van der Waals surface area contributed by atoms with Gasteiger partial charge in [0.1, 0.15) is 6.54 Å². The van der Waals surface area contributed by atoms with Crippen LogP contribution in [0.15, 0.2) is 0 Å². The van der Waals surface area contributed by atoms with Crippen LogP contribution in [0.2, 0.25) is 0 Å². The Hall–Kier alpha value is -1.27. The van der Waals surface area contributed by atoms with E-state index in [-0.39, 0.29) is 0 Å². The molecule has 0 spiro atoms. The van der Waals surface area contributed by atoms with Gasteiger partial charge < -0.3 is 5.73 Å². The third-order valence-corrected chi connectivity index (χ3v) is 2.52. The molecule has 1 aromatic rings. The quantitative estimate of drug-likeness (QED) is 0.664. The number of nitrogens with two attached hydrogens (primary N) is 1. The molecule has 2 rings (SSSR count). The van der Waals surface area contributed by atoms with Crippen molar-refractivity contribution in [3.05, 3.63) is 17.0 Å². The molecule has 68 valence electrons. The van der Waals surface area contributed by atoms with Crippen molar-refractivity contribution in [3.63, 3.8) is 0 Å². The van der Waals surface area contributed by atoms with Gasteiger partial charge in [0.2, 0.25) is 0 Å². The Balaban J connectivity index is 2.42. The maximum absolute atomic E-state index is 5.67. The Labute approximate surface area is 77.9 Å². The van der Waals surface area contributed by atoms with Crippen LogP contribution >= 0.6 is 0 Å². The summed E-state index contributed by atoms with van der Waals surface area (Å²) < 4.78 is 1.86. The topological polar surface area (TPSA) is 43.8 Å². The van der Waals surface area contributed by atoms with Crippen LogP contribution in [0, 0.1) is 12.3 Å². The molecule has 2 N–H and O–H groups in total. The monoisotopic (exact) mass is 175 g/mol. The SMILES string of the molecule is C#CCn1nc2c(c1CN)CCC2. The molecule has 3 heteroatoms. The molecule has 13 heavy (non-hydrogen) atoms. The van der Waals surface area contributed by atoms with Gasteiger partial charge in [0, 0.05) is 6.54 Å². The zero-order valence-electron chi connectivity index (χ0n) is 7.58. The van der Waals surface area contributed by atoms with Gasteiger partial charge in [0.05, 0.1) is 11.4 Å². The van der Waals surface area contributed by atoms with Crippen LogP contribution in [0.25, 0.3) is 0 Å². The van der Waals surface area contributed by atoms with Gasteiger partial charge in [-0.3, -0.25) is 4.68 Å². The van der Waals surface area contributed by atoms with E-state index in [9.17, 15) is 0 Å². The van der Waals surface area contributed by atoms with Gasteiger partial charge in [-0.05, 0) is 24.8 Å². The Bertz CT molecular complexity index is 357. The fourth-order valence-corrected chi connectivity index (χ4v) is 1.96. The maximum Gasteiger partial charge on any atom is 0.102 e. The molecule has 1 aliphatic carbocycles. The molecule has 0 radical (unpaired) electrons. The zero-order chi connectivity index (χ0) is 9.26. The van der Waals surface area contributed by atoms with Crippen molar-refractivity contribution < 1.29 is 0 Å². The van der Waals surface area contributed by atoms with Gasteiger partial charge in [-0.25, -0.2) is 0 Å². The smallest absolute Gasteiger partial charge is 0.102 e. The third kappa shape index (κ3) is 1.24. The fourth-order valence-electron chi connectivity index (χ4n) is 1.96. The van der Waals surface area contributed by atoms with Crippen molar-refractivity contribution in [2.45, 2.75) is 32.4 Å². The molecule has 1 aromatic heterocycles. The fraction of sp³-hybridized carbons (Fsp3) is 0.500. The second kappa shape index (κ2) is 3.23. The molecule has 0 amide bonds. The minimum absolute atomic E-state index is 0.541. The van der Waals surface area contributed by atoms with E-state index in [2.05, 4.69) is 11.0 Å². The molecule has 0 atom stereocenters. The minimum Gasteiger partial charge on any atom is -0.325 e. The van der Waals surface area contributed by atoms with Gasteiger partial charge >= 0.3 is 0 Å². The number of aryl methyl sites for hydroxylation is 1. The van der Waals surface area contributed by atoms with E-state index in [1.165, 1.54) is 17.7 Å². The summed E-state index contributed by atoms with van der Waals surface area (Å²) in [5.41, 5.74) is 9.35. The zero-order valence-corrected chi connectivity index (χ0v) is 7.58. The van der Waals surface area contributed by atoms with E-state index in [4.69, 9.17) is 12.2 Å². The standard InChI is InChI=1S/C10H13N3/c1-2-6-13-10(7-11)8-4-3-5-9(8)12-13/h1H,3-7,11H2. The number of hydrogen-bond acceptors (Lipinski definition) is 2. The molecule has 0 aliphatic heterocycles. The van der Waals surface area contributed by atoms with Gasteiger partial charge in [-0.15, -0.1) is 6.42 Å². The summed E-state index contributed by atoms with van der Waals surface area (Å²) in [6.45, 7) is 1.09. The average molecular weight is 175 g/mol. The summed E-state index contributed by atoms with van der Waals surface area (Å²) in [6, 6.07) is 0. The number of rotatable bonds is 2. The Kier molecular flexibility index (Phi) is 2.07. The molecular weight excluding hydrogens is 162 g/mol. The summed E-state index contributed by atoms with van der Waals surface area (Å²) in [4.78, 5) is 0. The highest BCUT2D eigenvalue weighted by molar-refractivity contribution is 5.30. The van der Waals surface area contributed by atoms with Crippen molar-refractivity contribution in [1.82, 2.24) is 9.78 Å². The molecule has 3 nitrogen and oxygen atoms in total. The lowest BCUT2D eigenvalue weighted by Gasteiger charge is -2.02. The van der Waals surface area contributed by atoms with E-state index in [0.29, 0.717) is 13.1 Å². The lowest BCUT2D eigenvalue weighted by Crippen LogP contribution is -2.10. The summed E-state index contributed by atoms with van der Waals surface area (Å²) in [5, 5.41) is 4.45. The van der Waals surface area contributed by atoms with Crippen molar-refractivity contribution in [2.75, 3.05) is 0 Å². The van der Waals surface area contributed by atoms with Gasteiger partial charge in [0.25, 0.3) is 0 Å². The van der Waals surface area contributed by atoms with Crippen LogP contribution in [0.4, 0.5) is 0 Å². The first-order valence-corrected chi connectivity index (χ1v) is 4.57. The third-order valence-electron chi connectivity index (χ3n) is 2.52. The summed E-state index contributed by atoms with van der Waals surface area (Å²) in [7, 11) is 0. The number of fused-ring (bicyclic) bond motifs is 1. The highest BCUT2D eigenvalue weighted by Gasteiger charge is 2.20. The summed E-state index contributed by atoms with van der Waals surface area (Å²) >= 11 is 0. The first kappa shape index (κ1) is 8.33. The average Bonchev–Trinajstić information content (AvgIpc) is 2.64. The molecule has 1 aliphatic rings. The van der Waals surface area contributed by atoms with Crippen LogP contribution in [-0.4, -0.2) is 9.78 Å². The van der Waals surface area contributed by atoms with Crippen LogP contribution in [0.3, 0.4) is 0 Å². The summed E-state index contributed by atoms with van der Waals surface area (Å²) in [5.74, 6) is 2.59. The predicted molar refractivity (Wildman–Crippen MR) is 51.0 cm³/mol. The van der Waals surface area contributed by atoms with E-state index in [1.54, 1.807) is 0 Å². The van der Waals surface area contributed by atoms with Crippen molar-refractivity contribution >= 4 is 0 Å². The van der Waals surface area contributed by atoms with Crippen molar-refractivity contribution in [2.24, 2.45) is 5.73 Å². The van der Waals surface area contributed by atoms with E-state index >= 15 is 0 Å². The van der Waals surface area contributed by atoms with E-state index < -0.39 is 0 Å². The molecule has 0 aromatic carbocycles. The van der Waals surface area contributed by atoms with Gasteiger partial charge in [0.15, 0.2) is 0 Å². The minimum atomic E-state index is 0.541. The molecule has 0 saturated carbocycles. The normalized spacial score (nSPS) is 14.2. The molecule has 0 saturated heterocycles. The lowest BCUT2D eigenvalue weighted by atomic mass is 10.2. The molecule has 1 heterocycles. The Morgan fingerprint density at radius 3 is 3.08 bits per heavy atom.